The average Bonchev–Trinajstić information content (AvgIpc) is 1.67. The summed E-state index contributed by atoms with van der Waals surface area (Å²) in [4.78, 5) is 0. The van der Waals surface area contributed by atoms with Crippen molar-refractivity contribution < 1.29 is 135 Å². The molecule has 9 aliphatic rings. The van der Waals surface area contributed by atoms with Crippen molar-refractivity contribution in [2.45, 2.75) is 278 Å². The fourth-order valence-corrected chi connectivity index (χ4v) is 17.5. The first-order valence-electron chi connectivity index (χ1n) is 31.3. The van der Waals surface area contributed by atoms with Gasteiger partial charge in [-0.25, -0.2) is 0 Å². The van der Waals surface area contributed by atoms with E-state index in [0.717, 1.165) is 38.5 Å². The molecule has 3 saturated carbocycles. The lowest BCUT2D eigenvalue weighted by Gasteiger charge is -2.66. The van der Waals surface area contributed by atoms with E-state index in [-0.39, 0.29) is 40.4 Å². The van der Waals surface area contributed by atoms with Gasteiger partial charge in [0.25, 0.3) is 0 Å². The van der Waals surface area contributed by atoms with Gasteiger partial charge in [0, 0.05) is 11.3 Å². The molecule has 0 radical (unpaired) electrons. The van der Waals surface area contributed by atoms with Crippen LogP contribution in [0.3, 0.4) is 0 Å². The van der Waals surface area contributed by atoms with Gasteiger partial charge in [-0.15, -0.1) is 0 Å². The zero-order valence-corrected chi connectivity index (χ0v) is 51.1. The summed E-state index contributed by atoms with van der Waals surface area (Å²) < 4.78 is 54.2. The molecule has 0 bridgehead atoms. The second-order valence-electron chi connectivity index (χ2n) is 28.7. The summed E-state index contributed by atoms with van der Waals surface area (Å²) in [5.41, 5.74) is -1.19. The Balaban J connectivity index is 0.880. The molecule has 0 aromatic carbocycles. The Morgan fingerprint density at radius 2 is 1.05 bits per heavy atom. The van der Waals surface area contributed by atoms with Crippen LogP contribution < -0.4 is 0 Å². The highest BCUT2D eigenvalue weighted by Gasteiger charge is 2.68. The monoisotopic (exact) mass is 1250 g/mol. The fourth-order valence-electron chi connectivity index (χ4n) is 17.5. The van der Waals surface area contributed by atoms with E-state index in [4.69, 9.17) is 42.6 Å². The van der Waals surface area contributed by atoms with Crippen LogP contribution in [0.2, 0.25) is 0 Å². The lowest BCUT2D eigenvalue weighted by molar-refractivity contribution is -0.380. The second kappa shape index (κ2) is 26.8. The number of rotatable bonds is 19. The number of ether oxygens (including phenoxy) is 9. The Morgan fingerprint density at radius 1 is 0.529 bits per heavy atom. The molecule has 9 rings (SSSR count). The molecule has 0 aromatic heterocycles. The maximum absolute atomic E-state index is 11.8. The Kier molecular flexibility index (Phi) is 21.6. The van der Waals surface area contributed by atoms with Crippen molar-refractivity contribution in [3.8, 4) is 0 Å². The van der Waals surface area contributed by atoms with Gasteiger partial charge in [0.15, 0.2) is 25.2 Å². The third kappa shape index (κ3) is 12.6. The minimum Gasteiger partial charge on any atom is -0.394 e. The van der Waals surface area contributed by atoms with Crippen LogP contribution in [0.1, 0.15) is 113 Å². The zero-order chi connectivity index (χ0) is 63.9. The average molecular weight is 1260 g/mol. The Morgan fingerprint density at radius 3 is 1.64 bits per heavy atom. The predicted molar refractivity (Wildman–Crippen MR) is 297 cm³/mol. The highest BCUT2D eigenvalue weighted by atomic mass is 16.8. The largest absolute Gasteiger partial charge is 0.394 e. The van der Waals surface area contributed by atoms with Gasteiger partial charge in [-0.2, -0.15) is 0 Å². The van der Waals surface area contributed by atoms with E-state index in [0.29, 0.717) is 18.8 Å². The summed E-state index contributed by atoms with van der Waals surface area (Å²) in [5.74, 6) is -0.427. The SMILES string of the molecule is CC(CCC(O[C@@H]1O[C@H](CO[C@@H]2O[C@H](CO)[C@@H](O)[C@H](O)[C@H]2O)[C@@H](O)[C@H](O)[C@H]1O[C@@H]1O[C@H](CO)[C@@H](O)[C@H](O)[C@H]1O)C(C)(C)O)C1CCC2(C)C3CC=C4C(CC[C@H](O[C@@H]5O[C@H](CO)C([C@@H]6O[C@H](CO)[C@@H](O)[C@H](O)C6O)[C@H](O)[C@H]5O)C4(C)C)C3(C)CCC12C. The molecule has 34 atom stereocenters. The first kappa shape index (κ1) is 70.0. The van der Waals surface area contributed by atoms with E-state index in [1.165, 1.54) is 5.57 Å². The van der Waals surface area contributed by atoms with Crippen LogP contribution in [-0.2, 0) is 42.6 Å². The zero-order valence-electron chi connectivity index (χ0n) is 51.1. The van der Waals surface area contributed by atoms with E-state index in [1.807, 2.05) is 0 Å². The maximum Gasteiger partial charge on any atom is 0.187 e. The van der Waals surface area contributed by atoms with Gasteiger partial charge in [0.1, 0.15) is 104 Å². The van der Waals surface area contributed by atoms with Crippen LogP contribution in [0.4, 0.5) is 0 Å². The summed E-state index contributed by atoms with van der Waals surface area (Å²) in [7, 11) is 0. The van der Waals surface area contributed by atoms with Crippen molar-refractivity contribution in [1.29, 1.82) is 0 Å². The van der Waals surface area contributed by atoms with Crippen molar-refractivity contribution in [3.63, 3.8) is 0 Å². The summed E-state index contributed by atoms with van der Waals surface area (Å²) in [5, 5.41) is 194. The summed E-state index contributed by atoms with van der Waals surface area (Å²) in [6, 6.07) is 0. The van der Waals surface area contributed by atoms with Crippen LogP contribution in [0.5, 0.6) is 0 Å². The van der Waals surface area contributed by atoms with Crippen LogP contribution >= 0.6 is 0 Å². The fraction of sp³-hybridized carbons (Fsp3) is 0.967. The van der Waals surface area contributed by atoms with Gasteiger partial charge in [-0.3, -0.25) is 0 Å². The standard InChI is InChI=1S/C60H102O27/c1-24(9-13-35(57(4,5)78)86-55-51(87-54-49(77)44(72)39(67)31(22-64)83-54)45(73)40(68)32(84-55)23-79-52-48(76)43(71)38(66)30(21-63)82-52)25-15-16-60(8)33-12-10-26-27(58(33,6)17-18-59(25,60)7)11-14-34(56(26,2)3)85-53-47(75)41(69)36(28(19-61)81-53)50-46(74)42(70)37(65)29(20-62)80-50/h10,24-25,27-55,61-78H,9,11-23H2,1-8H3/t24?,25?,27?,28-,29-,30-,31-,32-,33?,34+,35?,36?,37-,38-,39-,40-,41+,42+,43+,44+,45+,46?,47-,48-,49-,50+,51-,52-,53+,54+,55+,58?,59?,60?/m1/s1. The Hall–Kier alpha value is -1.34. The van der Waals surface area contributed by atoms with Gasteiger partial charge in [-0.1, -0.05) is 53.2 Å². The third-order valence-electron chi connectivity index (χ3n) is 23.1. The first-order valence-corrected chi connectivity index (χ1v) is 31.3. The summed E-state index contributed by atoms with van der Waals surface area (Å²) in [6.45, 7) is 13.3. The molecule has 0 amide bonds. The van der Waals surface area contributed by atoms with E-state index in [2.05, 4.69) is 47.6 Å². The molecule has 5 saturated heterocycles. The molecule has 0 aromatic rings. The van der Waals surface area contributed by atoms with Crippen LogP contribution in [0.15, 0.2) is 11.6 Å². The molecule has 5 aliphatic heterocycles. The minimum absolute atomic E-state index is 0.0881. The molecule has 5 heterocycles. The highest BCUT2D eigenvalue weighted by Crippen LogP contribution is 2.75. The van der Waals surface area contributed by atoms with Crippen molar-refractivity contribution in [2.75, 3.05) is 33.0 Å². The lowest BCUT2D eigenvalue weighted by Crippen LogP contribution is -2.67. The molecule has 8 fully saturated rings. The molecule has 27 heteroatoms. The van der Waals surface area contributed by atoms with Gasteiger partial charge < -0.3 is 135 Å². The van der Waals surface area contributed by atoms with Gasteiger partial charge in [0.05, 0.1) is 69.2 Å². The molecule has 504 valence electrons. The lowest BCUT2D eigenvalue weighted by atomic mass is 9.39. The van der Waals surface area contributed by atoms with Crippen LogP contribution in [0, 0.1) is 51.2 Å². The molecule has 18 N–H and O–H groups in total. The molecule has 4 aliphatic carbocycles. The summed E-state index contributed by atoms with van der Waals surface area (Å²) in [6.07, 6.45) is -31.8. The van der Waals surface area contributed by atoms with Crippen molar-refractivity contribution in [2.24, 2.45) is 51.2 Å². The molecule has 87 heavy (non-hydrogen) atoms. The molecular formula is C60H102O27. The number of aliphatic hydroxyl groups is 18. The summed E-state index contributed by atoms with van der Waals surface area (Å²) >= 11 is 0. The minimum atomic E-state index is -1.93. The maximum atomic E-state index is 11.8. The second-order valence-corrected chi connectivity index (χ2v) is 28.7. The first-order chi connectivity index (χ1) is 40.7. The van der Waals surface area contributed by atoms with Crippen LogP contribution in [-0.4, -0.2) is 290 Å². The molecule has 0 spiro atoms. The van der Waals surface area contributed by atoms with Crippen molar-refractivity contribution in [3.05, 3.63) is 11.6 Å². The number of allylic oxidation sites excluding steroid dienone is 1. The quantitative estimate of drug-likeness (QED) is 0.0547. The van der Waals surface area contributed by atoms with Gasteiger partial charge in [0.2, 0.25) is 0 Å². The normalized spacial score (nSPS) is 51.8. The highest BCUT2D eigenvalue weighted by molar-refractivity contribution is 5.30. The smallest absolute Gasteiger partial charge is 0.187 e. The molecule has 27 nitrogen and oxygen atoms in total. The number of hydrogen-bond donors (Lipinski definition) is 18. The molecular weight excluding hydrogens is 1150 g/mol. The number of aliphatic hydroxyl groups excluding tert-OH is 17. The van der Waals surface area contributed by atoms with E-state index >= 15 is 0 Å². The van der Waals surface area contributed by atoms with E-state index < -0.39 is 209 Å². The Labute approximate surface area is 507 Å². The third-order valence-corrected chi connectivity index (χ3v) is 23.1. The van der Waals surface area contributed by atoms with E-state index in [1.54, 1.807) is 13.8 Å². The molecule has 10 unspecified atom stereocenters. The Bertz CT molecular complexity index is 2290. The van der Waals surface area contributed by atoms with Crippen molar-refractivity contribution in [1.82, 2.24) is 0 Å². The number of fused-ring (bicyclic) bond motifs is 5. The van der Waals surface area contributed by atoms with Gasteiger partial charge >= 0.3 is 0 Å². The van der Waals surface area contributed by atoms with E-state index in [9.17, 15) is 91.9 Å². The topological polar surface area (TPSA) is 447 Å². The number of hydrogen-bond acceptors (Lipinski definition) is 27. The predicted octanol–water partition coefficient (Wildman–Crippen LogP) is -4.10. The van der Waals surface area contributed by atoms with Crippen molar-refractivity contribution >= 4 is 0 Å². The van der Waals surface area contributed by atoms with Crippen LogP contribution in [0.25, 0.3) is 0 Å². The van der Waals surface area contributed by atoms with Gasteiger partial charge in [-0.05, 0) is 112 Å².